The third kappa shape index (κ3) is 2.76. The minimum Gasteiger partial charge on any atom is -0.384 e. The number of hydrogen-bond acceptors (Lipinski definition) is 1. The van der Waals surface area contributed by atoms with Gasteiger partial charge in [-0.05, 0) is 41.7 Å². The van der Waals surface area contributed by atoms with Gasteiger partial charge in [-0.1, -0.05) is 36.4 Å². The fourth-order valence-electron chi connectivity index (χ4n) is 2.68. The normalized spacial score (nSPS) is 16.6. The Morgan fingerprint density at radius 1 is 1.05 bits per heavy atom. The summed E-state index contributed by atoms with van der Waals surface area (Å²) >= 11 is 5.74. The number of aryl methyl sites for hydroxylation is 1. The minimum absolute atomic E-state index is 0.665. The van der Waals surface area contributed by atoms with Crippen LogP contribution in [0.3, 0.4) is 0 Å². The van der Waals surface area contributed by atoms with Crippen LogP contribution in [-0.2, 0) is 12.8 Å². The van der Waals surface area contributed by atoms with Crippen LogP contribution in [0, 0.1) is 0 Å². The van der Waals surface area contributed by atoms with Crippen molar-refractivity contribution >= 4 is 17.3 Å². The molecule has 0 radical (unpaired) electrons. The van der Waals surface area contributed by atoms with Crippen molar-refractivity contribution in [3.8, 4) is 0 Å². The molecular weight excluding hydrogens is 254 g/mol. The van der Waals surface area contributed by atoms with Gasteiger partial charge < -0.3 is 5.32 Å². The molecule has 19 heavy (non-hydrogen) atoms. The molecule has 1 atom stereocenters. The van der Waals surface area contributed by atoms with E-state index in [2.05, 4.69) is 53.8 Å². The predicted molar refractivity (Wildman–Crippen MR) is 82.2 cm³/mol. The summed E-state index contributed by atoms with van der Waals surface area (Å²) in [5.74, 6) is 1.35. The standard InChI is InChI=1S/C17H18ClN/c18-10-9-13-5-7-16(8-6-13)19-12-15-11-14-3-1-2-4-17(14)15/h1-8,15,19H,9-12H2. The quantitative estimate of drug-likeness (QED) is 0.803. The van der Waals surface area contributed by atoms with Gasteiger partial charge in [-0.15, -0.1) is 11.6 Å². The number of anilines is 1. The van der Waals surface area contributed by atoms with Gasteiger partial charge in [0.2, 0.25) is 0 Å². The monoisotopic (exact) mass is 271 g/mol. The van der Waals surface area contributed by atoms with Crippen LogP contribution in [0.2, 0.25) is 0 Å². The summed E-state index contributed by atoms with van der Waals surface area (Å²) in [4.78, 5) is 0. The molecule has 0 spiro atoms. The SMILES string of the molecule is ClCCc1ccc(NCC2Cc3ccccc32)cc1. The summed E-state index contributed by atoms with van der Waals surface area (Å²) in [7, 11) is 0. The molecule has 2 aromatic rings. The third-order valence-electron chi connectivity index (χ3n) is 3.85. The third-order valence-corrected chi connectivity index (χ3v) is 4.04. The van der Waals surface area contributed by atoms with E-state index in [1.54, 1.807) is 0 Å². The van der Waals surface area contributed by atoms with Gasteiger partial charge in [-0.2, -0.15) is 0 Å². The summed E-state index contributed by atoms with van der Waals surface area (Å²) in [5, 5.41) is 3.52. The maximum absolute atomic E-state index is 5.74. The van der Waals surface area contributed by atoms with Crippen molar-refractivity contribution in [2.75, 3.05) is 17.7 Å². The van der Waals surface area contributed by atoms with E-state index in [0.29, 0.717) is 11.8 Å². The van der Waals surface area contributed by atoms with Gasteiger partial charge in [0.15, 0.2) is 0 Å². The van der Waals surface area contributed by atoms with Gasteiger partial charge in [0.1, 0.15) is 0 Å². The maximum atomic E-state index is 5.74. The number of rotatable bonds is 5. The van der Waals surface area contributed by atoms with Crippen LogP contribution in [0.25, 0.3) is 0 Å². The van der Waals surface area contributed by atoms with Crippen LogP contribution < -0.4 is 5.32 Å². The molecule has 1 aliphatic carbocycles. The van der Waals surface area contributed by atoms with E-state index in [-0.39, 0.29) is 0 Å². The van der Waals surface area contributed by atoms with E-state index in [4.69, 9.17) is 11.6 Å². The Morgan fingerprint density at radius 3 is 2.58 bits per heavy atom. The second-order valence-corrected chi connectivity index (χ2v) is 5.49. The molecule has 1 N–H and O–H groups in total. The van der Waals surface area contributed by atoms with E-state index in [0.717, 1.165) is 13.0 Å². The number of hydrogen-bond donors (Lipinski definition) is 1. The fraction of sp³-hybridized carbons (Fsp3) is 0.294. The Morgan fingerprint density at radius 2 is 1.84 bits per heavy atom. The predicted octanol–water partition coefficient (Wildman–Crippen LogP) is 4.22. The highest BCUT2D eigenvalue weighted by atomic mass is 35.5. The zero-order chi connectivity index (χ0) is 13.1. The molecular formula is C17H18ClN. The summed E-state index contributed by atoms with van der Waals surface area (Å²) in [6, 6.07) is 17.3. The number of nitrogens with one attached hydrogen (secondary N) is 1. The van der Waals surface area contributed by atoms with Gasteiger partial charge in [-0.25, -0.2) is 0 Å². The lowest BCUT2D eigenvalue weighted by Crippen LogP contribution is -2.24. The summed E-state index contributed by atoms with van der Waals surface area (Å²) in [6.45, 7) is 1.02. The first-order chi connectivity index (χ1) is 9.36. The lowest BCUT2D eigenvalue weighted by atomic mass is 9.77. The Kier molecular flexibility index (Phi) is 3.74. The Balaban J connectivity index is 1.56. The molecule has 98 valence electrons. The van der Waals surface area contributed by atoms with E-state index in [1.165, 1.54) is 28.8 Å². The van der Waals surface area contributed by atoms with Gasteiger partial charge >= 0.3 is 0 Å². The van der Waals surface area contributed by atoms with Gasteiger partial charge in [-0.3, -0.25) is 0 Å². The molecule has 0 aromatic heterocycles. The van der Waals surface area contributed by atoms with Crippen LogP contribution in [0.5, 0.6) is 0 Å². The average molecular weight is 272 g/mol. The first-order valence-corrected chi connectivity index (χ1v) is 7.37. The molecule has 1 aliphatic rings. The second-order valence-electron chi connectivity index (χ2n) is 5.12. The lowest BCUT2D eigenvalue weighted by molar-refractivity contribution is 0.636. The zero-order valence-electron chi connectivity index (χ0n) is 10.9. The van der Waals surface area contributed by atoms with Crippen LogP contribution in [0.4, 0.5) is 5.69 Å². The fourth-order valence-corrected chi connectivity index (χ4v) is 2.90. The highest BCUT2D eigenvalue weighted by Gasteiger charge is 2.24. The van der Waals surface area contributed by atoms with Crippen LogP contribution >= 0.6 is 11.6 Å². The van der Waals surface area contributed by atoms with E-state index in [9.17, 15) is 0 Å². The van der Waals surface area contributed by atoms with E-state index in [1.807, 2.05) is 0 Å². The van der Waals surface area contributed by atoms with E-state index < -0.39 is 0 Å². The summed E-state index contributed by atoms with van der Waals surface area (Å²) in [6.07, 6.45) is 2.14. The van der Waals surface area contributed by atoms with Crippen molar-refractivity contribution in [2.24, 2.45) is 0 Å². The highest BCUT2D eigenvalue weighted by molar-refractivity contribution is 6.17. The zero-order valence-corrected chi connectivity index (χ0v) is 11.7. The molecule has 3 rings (SSSR count). The van der Waals surface area contributed by atoms with Crippen LogP contribution in [0.15, 0.2) is 48.5 Å². The largest absolute Gasteiger partial charge is 0.384 e. The first kappa shape index (κ1) is 12.6. The molecule has 2 aromatic carbocycles. The van der Waals surface area contributed by atoms with Crippen molar-refractivity contribution in [1.82, 2.24) is 0 Å². The molecule has 1 unspecified atom stereocenters. The number of alkyl halides is 1. The Hall–Kier alpha value is -1.47. The molecule has 0 fully saturated rings. The van der Waals surface area contributed by atoms with Crippen molar-refractivity contribution in [3.05, 3.63) is 65.2 Å². The first-order valence-electron chi connectivity index (χ1n) is 6.83. The number of fused-ring (bicyclic) bond motifs is 1. The van der Waals surface area contributed by atoms with Crippen molar-refractivity contribution < 1.29 is 0 Å². The smallest absolute Gasteiger partial charge is 0.0340 e. The van der Waals surface area contributed by atoms with Crippen molar-refractivity contribution in [3.63, 3.8) is 0 Å². The average Bonchev–Trinajstić information content (AvgIpc) is 2.42. The maximum Gasteiger partial charge on any atom is 0.0340 e. The number of benzene rings is 2. The molecule has 0 saturated carbocycles. The van der Waals surface area contributed by atoms with Gasteiger partial charge in [0.25, 0.3) is 0 Å². The lowest BCUT2D eigenvalue weighted by Gasteiger charge is -2.30. The Bertz CT molecular complexity index is 547. The topological polar surface area (TPSA) is 12.0 Å². The number of halogens is 1. The van der Waals surface area contributed by atoms with Gasteiger partial charge in [0.05, 0.1) is 0 Å². The molecule has 0 bridgehead atoms. The van der Waals surface area contributed by atoms with E-state index >= 15 is 0 Å². The molecule has 2 heteroatoms. The Labute approximate surface area is 119 Å². The second kappa shape index (κ2) is 5.66. The summed E-state index contributed by atoms with van der Waals surface area (Å²) in [5.41, 5.74) is 5.51. The molecule has 1 nitrogen and oxygen atoms in total. The molecule has 0 heterocycles. The van der Waals surface area contributed by atoms with Crippen molar-refractivity contribution in [1.29, 1.82) is 0 Å². The van der Waals surface area contributed by atoms with Crippen molar-refractivity contribution in [2.45, 2.75) is 18.8 Å². The van der Waals surface area contributed by atoms with Crippen LogP contribution in [0.1, 0.15) is 22.6 Å². The highest BCUT2D eigenvalue weighted by Crippen LogP contribution is 2.34. The van der Waals surface area contributed by atoms with Crippen LogP contribution in [-0.4, -0.2) is 12.4 Å². The minimum atomic E-state index is 0.665. The summed E-state index contributed by atoms with van der Waals surface area (Å²) < 4.78 is 0. The molecule has 0 amide bonds. The molecule has 0 aliphatic heterocycles. The molecule has 0 saturated heterocycles. The van der Waals surface area contributed by atoms with Gasteiger partial charge in [0, 0.05) is 24.0 Å².